The topological polar surface area (TPSA) is 35.0 Å². The molecule has 2 aliphatic rings. The van der Waals surface area contributed by atoms with E-state index in [1.807, 2.05) is 12.3 Å². The van der Waals surface area contributed by atoms with Crippen molar-refractivity contribution in [3.05, 3.63) is 151 Å². The minimum Gasteiger partial charge on any atom is -0.491 e. The zero-order valence-electron chi connectivity index (χ0n) is 26.3. The number of aryl methyl sites for hydroxylation is 1. The van der Waals surface area contributed by atoms with E-state index in [0.29, 0.717) is 6.61 Å². The fourth-order valence-electron chi connectivity index (χ4n) is 8.02. The molecule has 2 aromatic heterocycles. The van der Waals surface area contributed by atoms with Crippen LogP contribution in [0.5, 0.6) is 5.75 Å². The first-order valence-electron chi connectivity index (χ1n) is 16.7. The van der Waals surface area contributed by atoms with Gasteiger partial charge in [-0.15, -0.1) is 0 Å². The highest BCUT2D eigenvalue weighted by atomic mass is 16.5. The summed E-state index contributed by atoms with van der Waals surface area (Å²) in [7, 11) is 0. The molecule has 0 saturated carbocycles. The molecule has 226 valence electrons. The van der Waals surface area contributed by atoms with Gasteiger partial charge in [-0.2, -0.15) is 0 Å². The van der Waals surface area contributed by atoms with Crippen LogP contribution in [-0.4, -0.2) is 16.6 Å². The average molecular weight is 615 g/mol. The summed E-state index contributed by atoms with van der Waals surface area (Å²) in [5.74, 6) is 0.873. The van der Waals surface area contributed by atoms with E-state index in [0.717, 1.165) is 41.2 Å². The lowest BCUT2D eigenvalue weighted by Crippen LogP contribution is -2.10. The lowest BCUT2D eigenvalue weighted by Gasteiger charge is -2.20. The van der Waals surface area contributed by atoms with Gasteiger partial charge in [-0.1, -0.05) is 121 Å². The summed E-state index contributed by atoms with van der Waals surface area (Å²) < 4.78 is 6.13. The predicted octanol–water partition coefficient (Wildman–Crippen LogP) is 11.4. The van der Waals surface area contributed by atoms with Gasteiger partial charge in [-0.25, -0.2) is 4.98 Å². The second kappa shape index (κ2) is 10.8. The number of pyridine rings is 2. The number of aromatic nitrogens is 2. The number of hydrogen-bond donors (Lipinski definition) is 0. The third-order valence-corrected chi connectivity index (χ3v) is 10.0. The van der Waals surface area contributed by atoms with Crippen LogP contribution in [0.2, 0.25) is 0 Å². The molecule has 0 atom stereocenters. The van der Waals surface area contributed by atoms with E-state index in [-0.39, 0.29) is 0 Å². The summed E-state index contributed by atoms with van der Waals surface area (Å²) in [6.07, 6.45) is 3.91. The number of fused-ring (bicyclic) bond motifs is 5. The van der Waals surface area contributed by atoms with E-state index in [1.165, 1.54) is 71.6 Å². The molecule has 8 aromatic rings. The zero-order chi connectivity index (χ0) is 31.6. The molecule has 0 amide bonds. The number of benzene rings is 6. The molecular weight excluding hydrogens is 585 g/mol. The van der Waals surface area contributed by atoms with Crippen molar-refractivity contribution in [2.75, 3.05) is 6.61 Å². The minimum atomic E-state index is 0.714. The van der Waals surface area contributed by atoms with Crippen LogP contribution in [0.25, 0.3) is 88.7 Å². The van der Waals surface area contributed by atoms with Gasteiger partial charge in [-0.3, -0.25) is 4.98 Å². The van der Waals surface area contributed by atoms with Crippen LogP contribution < -0.4 is 4.74 Å². The van der Waals surface area contributed by atoms with E-state index >= 15 is 0 Å². The van der Waals surface area contributed by atoms with Crippen molar-refractivity contribution in [2.24, 2.45) is 0 Å². The molecule has 0 spiro atoms. The summed E-state index contributed by atoms with van der Waals surface area (Å²) in [5.41, 5.74) is 15.1. The minimum absolute atomic E-state index is 0.714. The lowest BCUT2D eigenvalue weighted by atomic mass is 9.82. The Morgan fingerprint density at radius 2 is 1.08 bits per heavy atom. The van der Waals surface area contributed by atoms with Gasteiger partial charge in [0.25, 0.3) is 0 Å². The summed E-state index contributed by atoms with van der Waals surface area (Å²) in [6, 6.07) is 50.3. The molecule has 1 aliphatic heterocycles. The van der Waals surface area contributed by atoms with Crippen molar-refractivity contribution >= 4 is 21.5 Å². The normalized spacial score (nSPS) is 12.9. The van der Waals surface area contributed by atoms with E-state index in [4.69, 9.17) is 14.7 Å². The first-order chi connectivity index (χ1) is 23.8. The van der Waals surface area contributed by atoms with E-state index in [9.17, 15) is 0 Å². The highest BCUT2D eigenvalue weighted by Crippen LogP contribution is 2.58. The second-order valence-corrected chi connectivity index (χ2v) is 12.7. The van der Waals surface area contributed by atoms with Crippen molar-refractivity contribution in [3.63, 3.8) is 0 Å². The molecule has 0 N–H and O–H groups in total. The van der Waals surface area contributed by atoms with Crippen LogP contribution in [0, 0.1) is 0 Å². The smallest absolute Gasteiger partial charge is 0.150 e. The monoisotopic (exact) mass is 614 g/mol. The molecule has 3 nitrogen and oxygen atoms in total. The third kappa shape index (κ3) is 4.01. The molecule has 1 aliphatic carbocycles. The summed E-state index contributed by atoms with van der Waals surface area (Å²) >= 11 is 0. The van der Waals surface area contributed by atoms with Crippen molar-refractivity contribution in [2.45, 2.75) is 12.8 Å². The fraction of sp³-hybridized carbons (Fsp3) is 0.0667. The highest BCUT2D eigenvalue weighted by Gasteiger charge is 2.31. The van der Waals surface area contributed by atoms with Gasteiger partial charge >= 0.3 is 0 Å². The average Bonchev–Trinajstić information content (AvgIpc) is 3.49. The molecule has 0 radical (unpaired) electrons. The Labute approximate surface area is 279 Å². The maximum atomic E-state index is 6.13. The number of ether oxygens (including phenoxy) is 1. The van der Waals surface area contributed by atoms with Crippen LogP contribution in [0.1, 0.15) is 12.0 Å². The Morgan fingerprint density at radius 3 is 1.81 bits per heavy atom. The quantitative estimate of drug-likeness (QED) is 0.198. The summed E-state index contributed by atoms with van der Waals surface area (Å²) in [4.78, 5) is 9.97. The summed E-state index contributed by atoms with van der Waals surface area (Å²) in [6.45, 7) is 0.714. The first-order valence-corrected chi connectivity index (χ1v) is 16.7. The molecule has 0 unspecified atom stereocenters. The van der Waals surface area contributed by atoms with Crippen LogP contribution in [0.3, 0.4) is 0 Å². The van der Waals surface area contributed by atoms with Gasteiger partial charge in [0.2, 0.25) is 0 Å². The van der Waals surface area contributed by atoms with Gasteiger partial charge in [0.05, 0.1) is 18.0 Å². The van der Waals surface area contributed by atoms with E-state index in [2.05, 4.69) is 133 Å². The molecule has 48 heavy (non-hydrogen) atoms. The predicted molar refractivity (Wildman–Crippen MR) is 197 cm³/mol. The largest absolute Gasteiger partial charge is 0.491 e. The van der Waals surface area contributed by atoms with Gasteiger partial charge in [0.1, 0.15) is 11.4 Å². The molecule has 3 heteroatoms. The highest BCUT2D eigenvalue weighted by molar-refractivity contribution is 6.28. The molecule has 0 fully saturated rings. The van der Waals surface area contributed by atoms with Gasteiger partial charge in [0.15, 0.2) is 0 Å². The SMILES string of the molecule is c1ccc(-c2c3c(c(-c4ccccc4)c4ccccc24)-c2ccc(-c4cccc(-c5nccc6c5OCCC6)n4)c4cccc-3c24)cc1. The molecule has 3 heterocycles. The Kier molecular flexibility index (Phi) is 6.07. The Hall–Kier alpha value is -6.06. The van der Waals surface area contributed by atoms with Crippen molar-refractivity contribution in [1.29, 1.82) is 0 Å². The fourth-order valence-corrected chi connectivity index (χ4v) is 8.02. The standard InChI is InChI=1S/C45H30N2O/c1-3-12-28(13-4-1)39-33-17-7-8-18-34(33)40(29-14-5-2-6-15-29)43-36-24-23-31(32-19-9-20-35(41(32)36)42(39)43)37-21-10-22-38(47-37)44-45-30(25-26-46-44)16-11-27-48-45/h1-10,12-15,17-26H,11,16,27H2. The van der Waals surface area contributed by atoms with Crippen LogP contribution in [0.4, 0.5) is 0 Å². The van der Waals surface area contributed by atoms with Gasteiger partial charge in [-0.05, 0) is 103 Å². The van der Waals surface area contributed by atoms with Crippen LogP contribution >= 0.6 is 0 Å². The summed E-state index contributed by atoms with van der Waals surface area (Å²) in [5, 5.41) is 5.01. The van der Waals surface area contributed by atoms with Crippen LogP contribution in [-0.2, 0) is 6.42 Å². The Balaban J connectivity index is 1.26. The second-order valence-electron chi connectivity index (χ2n) is 12.7. The molecule has 0 saturated heterocycles. The lowest BCUT2D eigenvalue weighted by molar-refractivity contribution is 0.288. The number of rotatable bonds is 4. The molecule has 6 aromatic carbocycles. The molecular formula is C45H30N2O. The van der Waals surface area contributed by atoms with Crippen molar-refractivity contribution in [3.8, 4) is 72.9 Å². The van der Waals surface area contributed by atoms with Crippen LogP contribution in [0.15, 0.2) is 146 Å². The third-order valence-electron chi connectivity index (χ3n) is 10.0. The van der Waals surface area contributed by atoms with Gasteiger partial charge < -0.3 is 4.74 Å². The van der Waals surface area contributed by atoms with Crippen molar-refractivity contribution in [1.82, 2.24) is 9.97 Å². The zero-order valence-corrected chi connectivity index (χ0v) is 26.3. The number of hydrogen-bond acceptors (Lipinski definition) is 3. The van der Waals surface area contributed by atoms with Gasteiger partial charge in [0, 0.05) is 11.8 Å². The molecule has 10 rings (SSSR count). The Bertz CT molecular complexity index is 2460. The maximum absolute atomic E-state index is 6.13. The first kappa shape index (κ1) is 27.1. The van der Waals surface area contributed by atoms with E-state index < -0.39 is 0 Å². The Morgan fingerprint density at radius 1 is 0.479 bits per heavy atom. The van der Waals surface area contributed by atoms with E-state index in [1.54, 1.807) is 0 Å². The van der Waals surface area contributed by atoms with Crippen molar-refractivity contribution < 1.29 is 4.74 Å². The number of nitrogens with zero attached hydrogens (tertiary/aromatic N) is 2. The maximum Gasteiger partial charge on any atom is 0.150 e. The molecule has 0 bridgehead atoms.